The van der Waals surface area contributed by atoms with Crippen molar-refractivity contribution in [3.05, 3.63) is 69.3 Å². The summed E-state index contributed by atoms with van der Waals surface area (Å²) in [5, 5.41) is 13.3. The van der Waals surface area contributed by atoms with E-state index in [2.05, 4.69) is 29.0 Å². The predicted octanol–water partition coefficient (Wildman–Crippen LogP) is 5.20. The molecular formula is C24H25F3N4O4S2. The smallest absolute Gasteiger partial charge is 0.427 e. The van der Waals surface area contributed by atoms with Crippen molar-refractivity contribution >= 4 is 39.0 Å². The zero-order valence-corrected chi connectivity index (χ0v) is 21.9. The van der Waals surface area contributed by atoms with E-state index in [0.717, 1.165) is 35.9 Å². The third kappa shape index (κ3) is 5.29. The fraction of sp³-hybridized carbons (Fsp3) is 0.333. The zero-order chi connectivity index (χ0) is 27.1. The van der Waals surface area contributed by atoms with Gasteiger partial charge in [-0.25, -0.2) is 31.4 Å². The van der Waals surface area contributed by atoms with Gasteiger partial charge in [0.25, 0.3) is 10.0 Å². The van der Waals surface area contributed by atoms with Gasteiger partial charge >= 0.3 is 6.09 Å². The van der Waals surface area contributed by atoms with Gasteiger partial charge in [-0.1, -0.05) is 26.0 Å². The lowest BCUT2D eigenvalue weighted by atomic mass is 9.84. The van der Waals surface area contributed by atoms with Crippen LogP contribution in [0.1, 0.15) is 30.5 Å². The van der Waals surface area contributed by atoms with E-state index < -0.39 is 44.3 Å². The van der Waals surface area contributed by atoms with Crippen LogP contribution in [0.3, 0.4) is 0 Å². The molecule has 1 aliphatic rings. The van der Waals surface area contributed by atoms with Crippen LogP contribution in [0.2, 0.25) is 0 Å². The summed E-state index contributed by atoms with van der Waals surface area (Å²) in [5.41, 5.74) is 1.74. The molecule has 0 saturated carbocycles. The molecule has 0 spiro atoms. The summed E-state index contributed by atoms with van der Waals surface area (Å²) in [6.45, 7) is 7.48. The maximum atomic E-state index is 15.2. The van der Waals surface area contributed by atoms with Crippen molar-refractivity contribution < 1.29 is 31.5 Å². The number of amides is 1. The molecule has 1 fully saturated rings. The van der Waals surface area contributed by atoms with Gasteiger partial charge < -0.3 is 10.4 Å². The van der Waals surface area contributed by atoms with E-state index >= 15 is 8.78 Å². The maximum absolute atomic E-state index is 15.2. The first kappa shape index (κ1) is 26.9. The molecule has 8 nitrogen and oxygen atoms in total. The number of hydrogen-bond acceptors (Lipinski definition) is 7. The van der Waals surface area contributed by atoms with Gasteiger partial charge in [0.05, 0.1) is 11.2 Å². The van der Waals surface area contributed by atoms with Crippen molar-refractivity contribution in [2.24, 2.45) is 5.41 Å². The van der Waals surface area contributed by atoms with E-state index in [0.29, 0.717) is 12.1 Å². The number of hydrogen-bond donors (Lipinski definition) is 2. The largest absolute Gasteiger partial charge is 0.464 e. The Balaban J connectivity index is 1.62. The summed E-state index contributed by atoms with van der Waals surface area (Å²) >= 11 is 0.934. The van der Waals surface area contributed by atoms with Crippen molar-refractivity contribution in [1.82, 2.24) is 9.88 Å². The number of aryl methyl sites for hydroxylation is 1. The first-order chi connectivity index (χ1) is 17.3. The average molecular weight is 555 g/mol. The Morgan fingerprint density at radius 2 is 1.95 bits per heavy atom. The van der Waals surface area contributed by atoms with Crippen molar-refractivity contribution in [1.29, 1.82) is 0 Å². The molecule has 4 rings (SSSR count). The third-order valence-corrected chi connectivity index (χ3v) is 8.43. The molecule has 1 amide bonds. The Kier molecular flexibility index (Phi) is 7.23. The summed E-state index contributed by atoms with van der Waals surface area (Å²) in [5.74, 6) is -4.26. The molecule has 0 radical (unpaired) electrons. The number of carboxylic acid groups (broad SMARTS) is 1. The van der Waals surface area contributed by atoms with Crippen molar-refractivity contribution in [3.63, 3.8) is 0 Å². The zero-order valence-electron chi connectivity index (χ0n) is 20.3. The molecule has 2 N–H and O–H groups in total. The molecule has 2 heterocycles. The summed E-state index contributed by atoms with van der Waals surface area (Å²) in [7, 11) is -5.05. The van der Waals surface area contributed by atoms with Crippen LogP contribution in [0.25, 0.3) is 0 Å². The van der Waals surface area contributed by atoms with Gasteiger partial charge in [-0.05, 0) is 35.6 Å². The minimum Gasteiger partial charge on any atom is -0.464 e. The van der Waals surface area contributed by atoms with Gasteiger partial charge in [0.1, 0.15) is 10.7 Å². The molecule has 0 bridgehead atoms. The van der Waals surface area contributed by atoms with Crippen LogP contribution < -0.4 is 9.62 Å². The number of halogens is 3. The van der Waals surface area contributed by atoms with E-state index in [1.807, 2.05) is 0 Å². The Morgan fingerprint density at radius 3 is 2.54 bits per heavy atom. The highest BCUT2D eigenvalue weighted by Crippen LogP contribution is 2.34. The Morgan fingerprint density at radius 1 is 1.24 bits per heavy atom. The Labute approximate surface area is 216 Å². The van der Waals surface area contributed by atoms with E-state index in [1.54, 1.807) is 12.1 Å². The normalized spacial score (nSPS) is 15.3. The monoisotopic (exact) mass is 554 g/mol. The molecule has 1 aromatic heterocycles. The molecule has 0 atom stereocenters. The highest BCUT2D eigenvalue weighted by atomic mass is 32.2. The van der Waals surface area contributed by atoms with Crippen LogP contribution in [0.4, 0.5) is 29.5 Å². The van der Waals surface area contributed by atoms with Crippen LogP contribution in [0.15, 0.2) is 40.1 Å². The molecule has 3 aromatic rings. The number of anilines is 2. The minimum absolute atomic E-state index is 0.107. The van der Waals surface area contributed by atoms with Crippen LogP contribution >= 0.6 is 11.3 Å². The fourth-order valence-electron chi connectivity index (χ4n) is 4.55. The van der Waals surface area contributed by atoms with Crippen LogP contribution in [0.5, 0.6) is 0 Å². The van der Waals surface area contributed by atoms with Gasteiger partial charge in [-0.3, -0.25) is 4.90 Å². The number of benzene rings is 2. The first-order valence-corrected chi connectivity index (χ1v) is 13.6. The maximum Gasteiger partial charge on any atom is 0.427 e. The number of carbonyl (C=O) groups is 1. The van der Waals surface area contributed by atoms with Crippen LogP contribution in [-0.4, -0.2) is 42.6 Å². The number of rotatable bonds is 8. The third-order valence-electron chi connectivity index (χ3n) is 6.02. The summed E-state index contributed by atoms with van der Waals surface area (Å²) in [6, 6.07) is 5.67. The Bertz CT molecular complexity index is 1440. The topological polar surface area (TPSA) is 103 Å². The number of nitrogens with one attached hydrogen (secondary N) is 1. The molecule has 13 heteroatoms. The number of sulfonamides is 1. The molecule has 198 valence electrons. The first-order valence-electron chi connectivity index (χ1n) is 11.2. The van der Waals surface area contributed by atoms with E-state index in [9.17, 15) is 22.7 Å². The second kappa shape index (κ2) is 9.95. The quantitative estimate of drug-likeness (QED) is 0.395. The lowest BCUT2D eigenvalue weighted by molar-refractivity contribution is 0.0240. The van der Waals surface area contributed by atoms with Gasteiger partial charge in [0.15, 0.2) is 17.5 Å². The summed E-state index contributed by atoms with van der Waals surface area (Å²) in [4.78, 5) is 16.4. The standard InChI is InChI=1S/C24H25F3N4O4S2/c1-14-7-18(28-8-16-15(5-4-6-17(16)25)9-30-11-24(2,3)12-30)20(26)21(27)22(14)37(34,35)31(23(32)33)19-10-36-13-29-19/h4-7,10,13,28H,8-9,11-12H2,1-3H3,(H,32,33). The molecule has 2 aromatic carbocycles. The van der Waals surface area contributed by atoms with Gasteiger partial charge in [0, 0.05) is 37.1 Å². The SMILES string of the molecule is Cc1cc(NCc2c(F)cccc2CN2CC(C)(C)C2)c(F)c(F)c1S(=O)(=O)N(C(=O)O)c1cscn1. The van der Waals surface area contributed by atoms with Gasteiger partial charge in [-0.15, -0.1) is 15.6 Å². The van der Waals surface area contributed by atoms with Gasteiger partial charge in [0.2, 0.25) is 0 Å². The number of thiazole rings is 1. The van der Waals surface area contributed by atoms with Crippen LogP contribution in [0, 0.1) is 29.8 Å². The highest BCUT2D eigenvalue weighted by Gasteiger charge is 2.38. The van der Waals surface area contributed by atoms with Gasteiger partial charge in [-0.2, -0.15) is 0 Å². The second-order valence-corrected chi connectivity index (χ2v) is 12.1. The van der Waals surface area contributed by atoms with E-state index in [1.165, 1.54) is 18.5 Å². The average Bonchev–Trinajstić information content (AvgIpc) is 3.28. The predicted molar refractivity (Wildman–Crippen MR) is 134 cm³/mol. The minimum atomic E-state index is -5.05. The second-order valence-electron chi connectivity index (χ2n) is 9.64. The van der Waals surface area contributed by atoms with E-state index in [4.69, 9.17) is 0 Å². The number of nitrogens with zero attached hydrogens (tertiary/aromatic N) is 3. The fourth-order valence-corrected chi connectivity index (χ4v) is 6.65. The number of likely N-dealkylation sites (tertiary alicyclic amines) is 1. The van der Waals surface area contributed by atoms with E-state index in [-0.39, 0.29) is 33.1 Å². The lowest BCUT2D eigenvalue weighted by Gasteiger charge is -2.46. The molecule has 0 aliphatic carbocycles. The lowest BCUT2D eigenvalue weighted by Crippen LogP contribution is -2.52. The Hall–Kier alpha value is -3.16. The molecule has 1 saturated heterocycles. The number of aromatic nitrogens is 1. The molecular weight excluding hydrogens is 529 g/mol. The summed E-state index contributed by atoms with van der Waals surface area (Å²) < 4.78 is 70.9. The van der Waals surface area contributed by atoms with Crippen molar-refractivity contribution in [2.75, 3.05) is 22.7 Å². The summed E-state index contributed by atoms with van der Waals surface area (Å²) in [6.07, 6.45) is -1.93. The van der Waals surface area contributed by atoms with Crippen molar-refractivity contribution in [3.8, 4) is 0 Å². The van der Waals surface area contributed by atoms with Crippen LogP contribution in [-0.2, 0) is 23.1 Å². The molecule has 1 aliphatic heterocycles. The molecule has 37 heavy (non-hydrogen) atoms. The van der Waals surface area contributed by atoms with Crippen molar-refractivity contribution in [2.45, 2.75) is 38.8 Å². The highest BCUT2D eigenvalue weighted by molar-refractivity contribution is 7.93. The molecule has 0 unspecified atom stereocenters.